The van der Waals surface area contributed by atoms with Crippen molar-refractivity contribution in [3.8, 4) is 0 Å². The molecular formula is C13H20N4O2S. The second-order valence-electron chi connectivity index (χ2n) is 6.05. The van der Waals surface area contributed by atoms with Crippen LogP contribution >= 0.6 is 11.3 Å². The van der Waals surface area contributed by atoms with E-state index in [-0.39, 0.29) is 30.1 Å². The molecule has 0 spiro atoms. The van der Waals surface area contributed by atoms with Crippen LogP contribution in [0.3, 0.4) is 0 Å². The summed E-state index contributed by atoms with van der Waals surface area (Å²) >= 11 is 1.37. The lowest BCUT2D eigenvalue weighted by Gasteiger charge is -2.12. The van der Waals surface area contributed by atoms with Crippen LogP contribution in [0.4, 0.5) is 5.13 Å². The molecule has 1 aliphatic carbocycles. The first kappa shape index (κ1) is 14.9. The minimum absolute atomic E-state index is 0.0599. The summed E-state index contributed by atoms with van der Waals surface area (Å²) in [5, 5.41) is 14.9. The Bertz CT molecular complexity index is 503. The molecule has 2 N–H and O–H groups in total. The minimum Gasteiger partial charge on any atom is -0.353 e. The summed E-state index contributed by atoms with van der Waals surface area (Å²) < 4.78 is 0. The molecule has 1 saturated carbocycles. The summed E-state index contributed by atoms with van der Waals surface area (Å²) in [6.07, 6.45) is 2.49. The molecule has 0 saturated heterocycles. The number of carbonyl (C=O) groups is 2. The largest absolute Gasteiger partial charge is 0.353 e. The number of hydrogen-bond donors (Lipinski definition) is 2. The number of nitrogens with one attached hydrogen (secondary N) is 2. The van der Waals surface area contributed by atoms with Crippen molar-refractivity contribution in [1.82, 2.24) is 15.5 Å². The van der Waals surface area contributed by atoms with Gasteiger partial charge >= 0.3 is 0 Å². The van der Waals surface area contributed by atoms with E-state index in [0.717, 1.165) is 17.8 Å². The maximum absolute atomic E-state index is 11.7. The van der Waals surface area contributed by atoms with Gasteiger partial charge in [0.15, 0.2) is 0 Å². The number of rotatable bonds is 5. The van der Waals surface area contributed by atoms with E-state index in [4.69, 9.17) is 0 Å². The summed E-state index contributed by atoms with van der Waals surface area (Å²) in [4.78, 5) is 23.2. The summed E-state index contributed by atoms with van der Waals surface area (Å²) in [5.74, 6) is -0.261. The average Bonchev–Trinajstić information content (AvgIpc) is 3.01. The zero-order valence-electron chi connectivity index (χ0n) is 12.0. The molecule has 2 amide bonds. The predicted octanol–water partition coefficient (Wildman–Crippen LogP) is 1.83. The fourth-order valence-electron chi connectivity index (χ4n) is 1.51. The van der Waals surface area contributed by atoms with E-state index < -0.39 is 0 Å². The van der Waals surface area contributed by atoms with Crippen molar-refractivity contribution >= 4 is 28.3 Å². The number of amides is 2. The van der Waals surface area contributed by atoms with Crippen LogP contribution in [0.2, 0.25) is 0 Å². The van der Waals surface area contributed by atoms with Gasteiger partial charge in [-0.25, -0.2) is 0 Å². The summed E-state index contributed by atoms with van der Waals surface area (Å²) in [5.41, 5.74) is -0.0786. The lowest BCUT2D eigenvalue weighted by molar-refractivity contribution is -0.124. The van der Waals surface area contributed by atoms with E-state index >= 15 is 0 Å². The Hall–Kier alpha value is -1.50. The lowest BCUT2D eigenvalue weighted by atomic mass is 9.98. The highest BCUT2D eigenvalue weighted by Crippen LogP contribution is 2.27. The lowest BCUT2D eigenvalue weighted by Crippen LogP contribution is -2.26. The van der Waals surface area contributed by atoms with Gasteiger partial charge in [-0.1, -0.05) is 32.1 Å². The molecule has 0 aliphatic heterocycles. The maximum Gasteiger partial charge on any atom is 0.226 e. The van der Waals surface area contributed by atoms with Gasteiger partial charge in [-0.2, -0.15) is 0 Å². The van der Waals surface area contributed by atoms with Crippen molar-refractivity contribution in [1.29, 1.82) is 0 Å². The predicted molar refractivity (Wildman–Crippen MR) is 77.6 cm³/mol. The zero-order valence-corrected chi connectivity index (χ0v) is 12.8. The number of nitrogens with zero attached hydrogens (tertiary/aromatic N) is 2. The summed E-state index contributed by atoms with van der Waals surface area (Å²) in [6, 6.07) is 0.336. The van der Waals surface area contributed by atoms with E-state index in [1.54, 1.807) is 0 Å². The minimum atomic E-state index is -0.201. The molecule has 6 nitrogen and oxygen atoms in total. The second-order valence-corrected chi connectivity index (χ2v) is 7.03. The Kier molecular flexibility index (Phi) is 4.37. The van der Waals surface area contributed by atoms with E-state index in [1.807, 2.05) is 20.8 Å². The highest BCUT2D eigenvalue weighted by atomic mass is 32.1. The molecule has 1 fully saturated rings. The van der Waals surface area contributed by atoms with Crippen LogP contribution in [0, 0.1) is 0 Å². The van der Waals surface area contributed by atoms with Gasteiger partial charge in [0.1, 0.15) is 5.01 Å². The first-order chi connectivity index (χ1) is 9.34. The quantitative estimate of drug-likeness (QED) is 0.868. The molecule has 0 atom stereocenters. The normalized spacial score (nSPS) is 14.9. The fourth-order valence-corrected chi connectivity index (χ4v) is 2.33. The Balaban J connectivity index is 1.76. The molecular weight excluding hydrogens is 276 g/mol. The monoisotopic (exact) mass is 296 g/mol. The molecule has 1 heterocycles. The molecule has 0 unspecified atom stereocenters. The number of hydrogen-bond acceptors (Lipinski definition) is 5. The van der Waals surface area contributed by atoms with E-state index in [2.05, 4.69) is 20.8 Å². The van der Waals surface area contributed by atoms with Crippen LogP contribution in [0.1, 0.15) is 51.5 Å². The number of anilines is 1. The van der Waals surface area contributed by atoms with Crippen LogP contribution in [0.15, 0.2) is 0 Å². The van der Waals surface area contributed by atoms with Gasteiger partial charge in [0, 0.05) is 24.3 Å². The van der Waals surface area contributed by atoms with Crippen LogP contribution < -0.4 is 10.6 Å². The van der Waals surface area contributed by atoms with E-state index in [0.29, 0.717) is 11.2 Å². The van der Waals surface area contributed by atoms with Gasteiger partial charge in [0.05, 0.1) is 0 Å². The van der Waals surface area contributed by atoms with Crippen molar-refractivity contribution in [2.45, 2.75) is 57.9 Å². The molecule has 1 aromatic rings. The van der Waals surface area contributed by atoms with Crippen LogP contribution in [-0.2, 0) is 15.0 Å². The Morgan fingerprint density at radius 1 is 1.20 bits per heavy atom. The van der Waals surface area contributed by atoms with Gasteiger partial charge < -0.3 is 10.6 Å². The maximum atomic E-state index is 11.7. The third-order valence-electron chi connectivity index (χ3n) is 2.83. The van der Waals surface area contributed by atoms with Crippen molar-refractivity contribution in [3.63, 3.8) is 0 Å². The molecule has 1 aliphatic rings. The van der Waals surface area contributed by atoms with Crippen molar-refractivity contribution in [2.75, 3.05) is 5.32 Å². The molecule has 0 radical (unpaired) electrons. The van der Waals surface area contributed by atoms with E-state index in [1.165, 1.54) is 11.3 Å². The third-order valence-corrected chi connectivity index (χ3v) is 4.10. The molecule has 20 heavy (non-hydrogen) atoms. The Labute approximate surface area is 122 Å². The van der Waals surface area contributed by atoms with Gasteiger partial charge in [0.2, 0.25) is 16.9 Å². The number of carbonyl (C=O) groups excluding carboxylic acids is 2. The highest BCUT2D eigenvalue weighted by molar-refractivity contribution is 7.15. The van der Waals surface area contributed by atoms with Crippen LogP contribution in [0.25, 0.3) is 0 Å². The second kappa shape index (κ2) is 5.87. The smallest absolute Gasteiger partial charge is 0.226 e. The Morgan fingerprint density at radius 2 is 1.85 bits per heavy atom. The van der Waals surface area contributed by atoms with Crippen molar-refractivity contribution in [3.05, 3.63) is 5.01 Å². The summed E-state index contributed by atoms with van der Waals surface area (Å²) in [6.45, 7) is 6.13. The zero-order chi connectivity index (χ0) is 14.8. The van der Waals surface area contributed by atoms with Gasteiger partial charge in [0.25, 0.3) is 0 Å². The average molecular weight is 296 g/mol. The van der Waals surface area contributed by atoms with Crippen LogP contribution in [-0.4, -0.2) is 28.1 Å². The molecule has 7 heteroatoms. The first-order valence-electron chi connectivity index (χ1n) is 6.78. The highest BCUT2D eigenvalue weighted by Gasteiger charge is 2.23. The molecule has 1 aromatic heterocycles. The topological polar surface area (TPSA) is 84.0 Å². The molecule has 0 aromatic carbocycles. The molecule has 0 bridgehead atoms. The first-order valence-corrected chi connectivity index (χ1v) is 7.59. The molecule has 110 valence electrons. The number of aromatic nitrogens is 2. The fraction of sp³-hybridized carbons (Fsp3) is 0.692. The Morgan fingerprint density at radius 3 is 2.40 bits per heavy atom. The summed E-state index contributed by atoms with van der Waals surface area (Å²) in [7, 11) is 0. The standard InChI is InChI=1S/C13H20N4O2S/c1-13(2,3)11-16-17-12(20-11)15-10(19)7-6-9(18)14-8-4-5-8/h8H,4-7H2,1-3H3,(H,14,18)(H,15,17,19). The van der Waals surface area contributed by atoms with Gasteiger partial charge in [-0.3, -0.25) is 9.59 Å². The van der Waals surface area contributed by atoms with Gasteiger partial charge in [-0.05, 0) is 12.8 Å². The van der Waals surface area contributed by atoms with Gasteiger partial charge in [-0.15, -0.1) is 10.2 Å². The van der Waals surface area contributed by atoms with Crippen molar-refractivity contribution < 1.29 is 9.59 Å². The molecule has 2 rings (SSSR count). The third kappa shape index (κ3) is 4.56. The van der Waals surface area contributed by atoms with Crippen LogP contribution in [0.5, 0.6) is 0 Å². The van der Waals surface area contributed by atoms with Crippen molar-refractivity contribution in [2.24, 2.45) is 0 Å². The van der Waals surface area contributed by atoms with E-state index in [9.17, 15) is 9.59 Å². The SMILES string of the molecule is CC(C)(C)c1nnc(NC(=O)CCC(=O)NC2CC2)s1.